The van der Waals surface area contributed by atoms with Gasteiger partial charge in [0.1, 0.15) is 13.8 Å². The molecule has 0 radical (unpaired) electrons. The van der Waals surface area contributed by atoms with Gasteiger partial charge in [-0.25, -0.2) is 0 Å². The fourth-order valence-corrected chi connectivity index (χ4v) is 2.83. The van der Waals surface area contributed by atoms with E-state index in [1.165, 1.54) is 5.56 Å². The van der Waals surface area contributed by atoms with Crippen molar-refractivity contribution in [1.82, 2.24) is 0 Å². The highest BCUT2D eigenvalue weighted by molar-refractivity contribution is 6.83. The molecule has 0 saturated heterocycles. The van der Waals surface area contributed by atoms with Crippen LogP contribution in [0.3, 0.4) is 0 Å². The summed E-state index contributed by atoms with van der Waals surface area (Å²) in [6.45, 7) is 7.69. The zero-order valence-corrected chi connectivity index (χ0v) is 13.8. The lowest BCUT2D eigenvalue weighted by atomic mass is 9.98. The van der Waals surface area contributed by atoms with Crippen molar-refractivity contribution in [1.29, 1.82) is 0 Å². The van der Waals surface area contributed by atoms with E-state index in [9.17, 15) is 0 Å². The molecule has 0 unspecified atom stereocenters. The normalized spacial score (nSPS) is 15.8. The zero-order valence-electron chi connectivity index (χ0n) is 12.8. The summed E-state index contributed by atoms with van der Waals surface area (Å²) in [4.78, 5) is 0. The van der Waals surface area contributed by atoms with E-state index in [-0.39, 0.29) is 5.92 Å². The van der Waals surface area contributed by atoms with Crippen molar-refractivity contribution in [2.45, 2.75) is 38.9 Å². The van der Waals surface area contributed by atoms with Crippen LogP contribution in [0.2, 0.25) is 19.6 Å². The maximum Gasteiger partial charge on any atom is 0.129 e. The SMILES string of the molecule is C[Si](C)(C)C#C[C@H](CCc1ccccc1)C1=CCCO1. The van der Waals surface area contributed by atoms with E-state index < -0.39 is 8.07 Å². The minimum absolute atomic E-state index is 0.268. The fourth-order valence-electron chi connectivity index (χ4n) is 2.22. The second kappa shape index (κ2) is 6.81. The average Bonchev–Trinajstić information content (AvgIpc) is 2.93. The van der Waals surface area contributed by atoms with E-state index in [2.05, 4.69) is 67.5 Å². The van der Waals surface area contributed by atoms with Crippen LogP contribution in [-0.2, 0) is 11.2 Å². The summed E-state index contributed by atoms with van der Waals surface area (Å²) < 4.78 is 5.74. The number of benzene rings is 1. The molecule has 0 spiro atoms. The molecule has 1 nitrogen and oxygen atoms in total. The molecule has 1 aromatic carbocycles. The van der Waals surface area contributed by atoms with Crippen molar-refractivity contribution in [3.05, 3.63) is 47.7 Å². The lowest BCUT2D eigenvalue weighted by Crippen LogP contribution is -2.17. The molecule has 2 rings (SSSR count). The molecule has 106 valence electrons. The Balaban J connectivity index is 2.04. The Hall–Kier alpha value is -1.46. The first-order chi connectivity index (χ1) is 9.54. The predicted molar refractivity (Wildman–Crippen MR) is 88.0 cm³/mol. The van der Waals surface area contributed by atoms with Crippen LogP contribution in [0.1, 0.15) is 18.4 Å². The van der Waals surface area contributed by atoms with Crippen molar-refractivity contribution >= 4 is 8.07 Å². The minimum atomic E-state index is -1.32. The van der Waals surface area contributed by atoms with Crippen LogP contribution in [0.15, 0.2) is 42.2 Å². The predicted octanol–water partition coefficient (Wildman–Crippen LogP) is 4.42. The Morgan fingerprint density at radius 3 is 2.55 bits per heavy atom. The monoisotopic (exact) mass is 284 g/mol. The molecule has 0 saturated carbocycles. The third kappa shape index (κ3) is 4.90. The van der Waals surface area contributed by atoms with Crippen molar-refractivity contribution in [3.8, 4) is 11.5 Å². The second-order valence-corrected chi connectivity index (χ2v) is 11.1. The van der Waals surface area contributed by atoms with E-state index in [0.29, 0.717) is 0 Å². The van der Waals surface area contributed by atoms with Gasteiger partial charge >= 0.3 is 0 Å². The molecule has 0 amide bonds. The molecule has 0 aliphatic carbocycles. The zero-order chi connectivity index (χ0) is 14.4. The van der Waals surface area contributed by atoms with Crippen LogP contribution in [0.25, 0.3) is 0 Å². The van der Waals surface area contributed by atoms with Crippen LogP contribution in [0, 0.1) is 17.4 Å². The van der Waals surface area contributed by atoms with Crippen molar-refractivity contribution < 1.29 is 4.74 Å². The van der Waals surface area contributed by atoms with Gasteiger partial charge in [-0.15, -0.1) is 5.54 Å². The summed E-state index contributed by atoms with van der Waals surface area (Å²) in [5.41, 5.74) is 4.88. The van der Waals surface area contributed by atoms with Gasteiger partial charge in [-0.2, -0.15) is 0 Å². The molecule has 2 heteroatoms. The lowest BCUT2D eigenvalue weighted by molar-refractivity contribution is 0.218. The van der Waals surface area contributed by atoms with E-state index >= 15 is 0 Å². The molecule has 1 aliphatic heterocycles. The van der Waals surface area contributed by atoms with Gasteiger partial charge in [0, 0.05) is 6.42 Å². The first kappa shape index (κ1) is 14.9. The molecule has 0 fully saturated rings. The summed E-state index contributed by atoms with van der Waals surface area (Å²) in [6, 6.07) is 10.6. The third-order valence-corrected chi connectivity index (χ3v) is 4.16. The quantitative estimate of drug-likeness (QED) is 0.587. The van der Waals surface area contributed by atoms with Gasteiger partial charge in [-0.05, 0) is 24.5 Å². The van der Waals surface area contributed by atoms with Gasteiger partial charge in [0.25, 0.3) is 0 Å². The van der Waals surface area contributed by atoms with Crippen LogP contribution in [-0.4, -0.2) is 14.7 Å². The Labute approximate surface area is 124 Å². The Morgan fingerprint density at radius 2 is 1.95 bits per heavy atom. The Kier molecular flexibility index (Phi) is 5.09. The highest BCUT2D eigenvalue weighted by atomic mass is 28.3. The lowest BCUT2D eigenvalue weighted by Gasteiger charge is -2.14. The summed E-state index contributed by atoms with van der Waals surface area (Å²) in [5, 5.41) is 0. The molecule has 0 bridgehead atoms. The first-order valence-corrected chi connectivity index (χ1v) is 10.9. The highest BCUT2D eigenvalue weighted by Gasteiger charge is 2.18. The topological polar surface area (TPSA) is 9.23 Å². The maximum absolute atomic E-state index is 5.74. The fraction of sp³-hybridized carbons (Fsp3) is 0.444. The maximum atomic E-state index is 5.74. The van der Waals surface area contributed by atoms with Crippen LogP contribution < -0.4 is 0 Å². The molecule has 0 N–H and O–H groups in total. The molecular weight excluding hydrogens is 260 g/mol. The number of ether oxygens (including phenoxy) is 1. The Morgan fingerprint density at radius 1 is 1.20 bits per heavy atom. The van der Waals surface area contributed by atoms with E-state index in [1.807, 2.05) is 0 Å². The molecular formula is C18H24OSi. The highest BCUT2D eigenvalue weighted by Crippen LogP contribution is 2.23. The van der Waals surface area contributed by atoms with Crippen molar-refractivity contribution in [2.24, 2.45) is 5.92 Å². The summed E-state index contributed by atoms with van der Waals surface area (Å²) in [6.07, 6.45) is 5.36. The van der Waals surface area contributed by atoms with E-state index in [0.717, 1.165) is 31.6 Å². The van der Waals surface area contributed by atoms with Crippen LogP contribution >= 0.6 is 0 Å². The van der Waals surface area contributed by atoms with Crippen LogP contribution in [0.4, 0.5) is 0 Å². The van der Waals surface area contributed by atoms with Gasteiger partial charge in [-0.3, -0.25) is 0 Å². The van der Waals surface area contributed by atoms with E-state index in [1.54, 1.807) is 0 Å². The van der Waals surface area contributed by atoms with Crippen molar-refractivity contribution in [3.63, 3.8) is 0 Å². The molecule has 0 aromatic heterocycles. The van der Waals surface area contributed by atoms with Gasteiger partial charge in [0.05, 0.1) is 12.5 Å². The number of hydrogen-bond acceptors (Lipinski definition) is 1. The number of allylic oxidation sites excluding steroid dienone is 1. The second-order valence-electron chi connectivity index (χ2n) is 6.34. The van der Waals surface area contributed by atoms with Gasteiger partial charge < -0.3 is 4.74 Å². The van der Waals surface area contributed by atoms with Gasteiger partial charge in [0.15, 0.2) is 0 Å². The smallest absolute Gasteiger partial charge is 0.129 e. The Bertz CT molecular complexity index is 514. The summed E-state index contributed by atoms with van der Waals surface area (Å²) in [7, 11) is -1.32. The van der Waals surface area contributed by atoms with Gasteiger partial charge in [0.2, 0.25) is 0 Å². The standard InChI is InChI=1S/C18H24OSi/c1-20(2,3)15-13-17(18-10-7-14-19-18)12-11-16-8-5-4-6-9-16/h4-6,8-10,17H,7,11-12,14H2,1-3H3/t17-/m0/s1. The summed E-state index contributed by atoms with van der Waals surface area (Å²) in [5.74, 6) is 4.86. The largest absolute Gasteiger partial charge is 0.497 e. The summed E-state index contributed by atoms with van der Waals surface area (Å²) >= 11 is 0. The molecule has 1 heterocycles. The molecule has 1 aliphatic rings. The number of aryl methyl sites for hydroxylation is 1. The minimum Gasteiger partial charge on any atom is -0.497 e. The first-order valence-electron chi connectivity index (χ1n) is 7.44. The molecule has 20 heavy (non-hydrogen) atoms. The van der Waals surface area contributed by atoms with Gasteiger partial charge in [-0.1, -0.05) is 55.9 Å². The average molecular weight is 284 g/mol. The molecule has 1 atom stereocenters. The number of hydrogen-bond donors (Lipinski definition) is 0. The van der Waals surface area contributed by atoms with Crippen LogP contribution in [0.5, 0.6) is 0 Å². The third-order valence-electron chi connectivity index (χ3n) is 3.26. The number of rotatable bonds is 4. The van der Waals surface area contributed by atoms with E-state index in [4.69, 9.17) is 4.74 Å². The molecule has 1 aromatic rings. The van der Waals surface area contributed by atoms with Crippen molar-refractivity contribution in [2.75, 3.05) is 6.61 Å².